The van der Waals surface area contributed by atoms with E-state index in [-0.39, 0.29) is 0 Å². The van der Waals surface area contributed by atoms with Gasteiger partial charge in [-0.25, -0.2) is 0 Å². The van der Waals surface area contributed by atoms with Crippen LogP contribution in [0.4, 0.5) is 0 Å². The van der Waals surface area contributed by atoms with E-state index in [0.717, 1.165) is 5.92 Å². The quantitative estimate of drug-likeness (QED) is 0.557. The van der Waals surface area contributed by atoms with Crippen molar-refractivity contribution in [3.8, 4) is 0 Å². The van der Waals surface area contributed by atoms with Crippen molar-refractivity contribution >= 4 is 31.9 Å². The molecule has 100 valence electrons. The third-order valence-corrected chi connectivity index (χ3v) is 6.08. The molecule has 0 N–H and O–H groups in total. The van der Waals surface area contributed by atoms with E-state index in [2.05, 4.69) is 50.9 Å². The molecule has 0 radical (unpaired) electrons. The number of hydrogen-bond donors (Lipinski definition) is 0. The number of benzene rings is 1. The topological polar surface area (TPSA) is 0 Å². The smallest absolute Gasteiger partial charge is 0.0355 e. The standard InChI is InChI=1S/C16H22Br2/c1-2-3-7-13-10-11-14(17)16(18)15(13)12-8-5-4-6-9-12/h10-12H,2-9H2,1H3. The molecule has 2 rings (SSSR count). The predicted octanol–water partition coefficient (Wildman–Crippen LogP) is 6.60. The SMILES string of the molecule is CCCCc1ccc(Br)c(Br)c1C1CCCCC1. The van der Waals surface area contributed by atoms with Gasteiger partial charge in [0.15, 0.2) is 0 Å². The van der Waals surface area contributed by atoms with Gasteiger partial charge in [0.2, 0.25) is 0 Å². The third-order valence-electron chi connectivity index (χ3n) is 4.04. The van der Waals surface area contributed by atoms with Gasteiger partial charge in [0.05, 0.1) is 0 Å². The van der Waals surface area contributed by atoms with Crippen LogP contribution < -0.4 is 0 Å². The van der Waals surface area contributed by atoms with E-state index in [1.807, 2.05) is 0 Å². The fraction of sp³-hybridized carbons (Fsp3) is 0.625. The maximum atomic E-state index is 3.81. The molecule has 0 atom stereocenters. The zero-order chi connectivity index (χ0) is 13.0. The lowest BCUT2D eigenvalue weighted by Crippen LogP contribution is -2.09. The van der Waals surface area contributed by atoms with E-state index in [0.29, 0.717) is 0 Å². The van der Waals surface area contributed by atoms with Gasteiger partial charge < -0.3 is 0 Å². The van der Waals surface area contributed by atoms with E-state index in [9.17, 15) is 0 Å². The highest BCUT2D eigenvalue weighted by Gasteiger charge is 2.21. The van der Waals surface area contributed by atoms with E-state index in [4.69, 9.17) is 0 Å². The zero-order valence-corrected chi connectivity index (χ0v) is 14.3. The monoisotopic (exact) mass is 372 g/mol. The zero-order valence-electron chi connectivity index (χ0n) is 11.1. The van der Waals surface area contributed by atoms with Crippen molar-refractivity contribution in [3.05, 3.63) is 32.2 Å². The van der Waals surface area contributed by atoms with E-state index in [1.165, 1.54) is 60.3 Å². The Morgan fingerprint density at radius 2 is 1.83 bits per heavy atom. The number of aryl methyl sites for hydroxylation is 1. The lowest BCUT2D eigenvalue weighted by atomic mass is 9.81. The molecule has 1 aliphatic carbocycles. The molecule has 0 spiro atoms. The number of unbranched alkanes of at least 4 members (excludes halogenated alkanes) is 1. The minimum atomic E-state index is 0.775. The maximum absolute atomic E-state index is 3.81. The lowest BCUT2D eigenvalue weighted by Gasteiger charge is -2.26. The van der Waals surface area contributed by atoms with Gasteiger partial charge in [-0.05, 0) is 80.7 Å². The van der Waals surface area contributed by atoms with E-state index < -0.39 is 0 Å². The molecule has 0 aliphatic heterocycles. The number of halogens is 2. The second kappa shape index (κ2) is 7.09. The Morgan fingerprint density at radius 3 is 2.50 bits per heavy atom. The van der Waals surface area contributed by atoms with Crippen LogP contribution in [0.5, 0.6) is 0 Å². The molecule has 1 aliphatic rings. The Bertz CT molecular complexity index is 392. The highest BCUT2D eigenvalue weighted by atomic mass is 79.9. The molecular formula is C16H22Br2. The molecule has 0 bridgehead atoms. The molecular weight excluding hydrogens is 352 g/mol. The van der Waals surface area contributed by atoms with Crippen molar-refractivity contribution < 1.29 is 0 Å². The molecule has 18 heavy (non-hydrogen) atoms. The van der Waals surface area contributed by atoms with Crippen LogP contribution in [0.25, 0.3) is 0 Å². The van der Waals surface area contributed by atoms with Crippen LogP contribution in [0.15, 0.2) is 21.1 Å². The minimum Gasteiger partial charge on any atom is -0.0654 e. The van der Waals surface area contributed by atoms with Crippen LogP contribution in [-0.2, 0) is 6.42 Å². The molecule has 1 saturated carbocycles. The normalized spacial score (nSPS) is 17.1. The van der Waals surface area contributed by atoms with Gasteiger partial charge in [-0.2, -0.15) is 0 Å². The first-order valence-corrected chi connectivity index (χ1v) is 8.79. The first-order chi connectivity index (χ1) is 8.74. The Morgan fingerprint density at radius 1 is 1.11 bits per heavy atom. The fourth-order valence-electron chi connectivity index (χ4n) is 3.02. The first-order valence-electron chi connectivity index (χ1n) is 7.20. The Balaban J connectivity index is 2.30. The van der Waals surface area contributed by atoms with Gasteiger partial charge in [0, 0.05) is 8.95 Å². The summed E-state index contributed by atoms with van der Waals surface area (Å²) in [5.74, 6) is 0.775. The molecule has 0 saturated heterocycles. The summed E-state index contributed by atoms with van der Waals surface area (Å²) in [5, 5.41) is 0. The van der Waals surface area contributed by atoms with Crippen molar-refractivity contribution in [1.29, 1.82) is 0 Å². The molecule has 0 amide bonds. The molecule has 0 heterocycles. The largest absolute Gasteiger partial charge is 0.0654 e. The van der Waals surface area contributed by atoms with Crippen LogP contribution in [0.1, 0.15) is 68.9 Å². The van der Waals surface area contributed by atoms with Crippen molar-refractivity contribution in [2.24, 2.45) is 0 Å². The van der Waals surface area contributed by atoms with Crippen molar-refractivity contribution in [3.63, 3.8) is 0 Å². The molecule has 1 aromatic rings. The molecule has 1 aromatic carbocycles. The summed E-state index contributed by atoms with van der Waals surface area (Å²) >= 11 is 7.48. The highest BCUT2D eigenvalue weighted by molar-refractivity contribution is 9.13. The van der Waals surface area contributed by atoms with E-state index in [1.54, 1.807) is 11.1 Å². The molecule has 2 heteroatoms. The predicted molar refractivity (Wildman–Crippen MR) is 86.3 cm³/mol. The second-order valence-electron chi connectivity index (χ2n) is 5.37. The highest BCUT2D eigenvalue weighted by Crippen LogP contribution is 2.41. The third kappa shape index (κ3) is 3.39. The van der Waals surface area contributed by atoms with E-state index >= 15 is 0 Å². The molecule has 0 unspecified atom stereocenters. The van der Waals surface area contributed by atoms with Gasteiger partial charge in [0.1, 0.15) is 0 Å². The van der Waals surface area contributed by atoms with Gasteiger partial charge in [-0.3, -0.25) is 0 Å². The summed E-state index contributed by atoms with van der Waals surface area (Å²) in [6.45, 7) is 2.27. The summed E-state index contributed by atoms with van der Waals surface area (Å²) in [6, 6.07) is 4.52. The fourth-order valence-corrected chi connectivity index (χ4v) is 4.08. The van der Waals surface area contributed by atoms with Crippen LogP contribution in [0.2, 0.25) is 0 Å². The summed E-state index contributed by atoms with van der Waals surface area (Å²) < 4.78 is 2.52. The summed E-state index contributed by atoms with van der Waals surface area (Å²) in [4.78, 5) is 0. The minimum absolute atomic E-state index is 0.775. The maximum Gasteiger partial charge on any atom is 0.0355 e. The molecule has 0 nitrogen and oxygen atoms in total. The molecule has 0 aromatic heterocycles. The Labute approximate surface area is 128 Å². The first kappa shape index (κ1) is 14.6. The second-order valence-corrected chi connectivity index (χ2v) is 7.02. The van der Waals surface area contributed by atoms with Crippen molar-refractivity contribution in [2.45, 2.75) is 64.2 Å². The Kier molecular flexibility index (Phi) is 5.75. The number of rotatable bonds is 4. The summed E-state index contributed by atoms with van der Waals surface area (Å²) in [6.07, 6.45) is 10.8. The van der Waals surface area contributed by atoms with Crippen LogP contribution >= 0.6 is 31.9 Å². The van der Waals surface area contributed by atoms with Gasteiger partial charge >= 0.3 is 0 Å². The number of hydrogen-bond acceptors (Lipinski definition) is 0. The molecule has 1 fully saturated rings. The van der Waals surface area contributed by atoms with Crippen LogP contribution in [-0.4, -0.2) is 0 Å². The summed E-state index contributed by atoms with van der Waals surface area (Å²) in [7, 11) is 0. The van der Waals surface area contributed by atoms with Crippen LogP contribution in [0.3, 0.4) is 0 Å². The van der Waals surface area contributed by atoms with Gasteiger partial charge in [-0.1, -0.05) is 38.7 Å². The average Bonchev–Trinajstić information content (AvgIpc) is 2.41. The van der Waals surface area contributed by atoms with Gasteiger partial charge in [0.25, 0.3) is 0 Å². The van der Waals surface area contributed by atoms with Crippen molar-refractivity contribution in [2.75, 3.05) is 0 Å². The summed E-state index contributed by atoms with van der Waals surface area (Å²) in [5.41, 5.74) is 3.16. The van der Waals surface area contributed by atoms with Crippen LogP contribution in [0, 0.1) is 0 Å². The Hall–Kier alpha value is 0.180. The van der Waals surface area contributed by atoms with Crippen molar-refractivity contribution in [1.82, 2.24) is 0 Å². The average molecular weight is 374 g/mol. The van der Waals surface area contributed by atoms with Gasteiger partial charge in [-0.15, -0.1) is 0 Å². The lowest BCUT2D eigenvalue weighted by molar-refractivity contribution is 0.440.